The van der Waals surface area contributed by atoms with Crippen molar-refractivity contribution in [2.75, 3.05) is 18.1 Å². The van der Waals surface area contributed by atoms with Gasteiger partial charge >= 0.3 is 0 Å². The first-order valence-corrected chi connectivity index (χ1v) is 7.71. The Labute approximate surface area is 113 Å². The molecule has 1 aromatic carbocycles. The van der Waals surface area contributed by atoms with Crippen LogP contribution in [0.5, 0.6) is 0 Å². The van der Waals surface area contributed by atoms with Gasteiger partial charge in [-0.05, 0) is 6.07 Å². The summed E-state index contributed by atoms with van der Waals surface area (Å²) in [4.78, 5) is 19.6. The van der Waals surface area contributed by atoms with Gasteiger partial charge < -0.3 is 4.98 Å². The van der Waals surface area contributed by atoms with Crippen molar-refractivity contribution in [3.63, 3.8) is 0 Å². The van der Waals surface area contributed by atoms with Crippen molar-refractivity contribution in [2.24, 2.45) is 4.99 Å². The molecular weight excluding hydrogens is 264 g/mol. The number of aromatic nitrogens is 1. The molecule has 3 rings (SSSR count). The lowest BCUT2D eigenvalue weighted by Crippen LogP contribution is -2.02. The van der Waals surface area contributed by atoms with E-state index in [9.17, 15) is 4.79 Å². The number of ketones is 1. The number of fused-ring (bicyclic) bond motifs is 1. The van der Waals surface area contributed by atoms with Gasteiger partial charge in [0.05, 0.1) is 12.3 Å². The molecule has 0 saturated heterocycles. The van der Waals surface area contributed by atoms with E-state index in [-0.39, 0.29) is 5.78 Å². The quantitative estimate of drug-likeness (QED) is 0.876. The number of benzene rings is 1. The van der Waals surface area contributed by atoms with Crippen LogP contribution in [0.2, 0.25) is 0 Å². The highest BCUT2D eigenvalue weighted by Gasteiger charge is 2.14. The van der Waals surface area contributed by atoms with Gasteiger partial charge in [0, 0.05) is 28.4 Å². The fourth-order valence-electron chi connectivity index (χ4n) is 1.91. The van der Waals surface area contributed by atoms with Gasteiger partial charge in [-0.3, -0.25) is 9.79 Å². The van der Waals surface area contributed by atoms with Gasteiger partial charge in [0.1, 0.15) is 4.38 Å². The standard InChI is InChI=1S/C13H12N2OS2/c16-12(8-18-13-14-5-6-17-13)10-7-15-11-4-2-1-3-9(10)11/h1-4,7,15H,5-6,8H2. The van der Waals surface area contributed by atoms with Crippen LogP contribution in [-0.2, 0) is 0 Å². The summed E-state index contributed by atoms with van der Waals surface area (Å²) in [6.07, 6.45) is 1.80. The minimum absolute atomic E-state index is 0.160. The molecule has 1 N–H and O–H groups in total. The summed E-state index contributed by atoms with van der Waals surface area (Å²) in [6, 6.07) is 7.88. The number of aliphatic imine (C=N–C) groups is 1. The highest BCUT2D eigenvalue weighted by molar-refractivity contribution is 8.39. The predicted octanol–water partition coefficient (Wildman–Crippen LogP) is 3.19. The van der Waals surface area contributed by atoms with E-state index in [4.69, 9.17) is 0 Å². The van der Waals surface area contributed by atoms with Crippen molar-refractivity contribution in [3.8, 4) is 0 Å². The third-order valence-corrected chi connectivity index (χ3v) is 5.03. The van der Waals surface area contributed by atoms with Crippen molar-refractivity contribution in [3.05, 3.63) is 36.0 Å². The van der Waals surface area contributed by atoms with Crippen molar-refractivity contribution in [1.82, 2.24) is 4.98 Å². The number of carbonyl (C=O) groups is 1. The van der Waals surface area contributed by atoms with Gasteiger partial charge in [-0.1, -0.05) is 41.7 Å². The maximum absolute atomic E-state index is 12.2. The van der Waals surface area contributed by atoms with Gasteiger partial charge in [0.25, 0.3) is 0 Å². The maximum atomic E-state index is 12.2. The first-order valence-electron chi connectivity index (χ1n) is 5.74. The number of rotatable bonds is 3. The molecule has 5 heteroatoms. The van der Waals surface area contributed by atoms with Crippen LogP contribution in [0.1, 0.15) is 10.4 Å². The van der Waals surface area contributed by atoms with Gasteiger partial charge in [0.15, 0.2) is 5.78 Å². The van der Waals surface area contributed by atoms with Crippen LogP contribution in [0.15, 0.2) is 35.5 Å². The van der Waals surface area contributed by atoms with Crippen molar-refractivity contribution in [1.29, 1.82) is 0 Å². The molecule has 0 unspecified atom stereocenters. The summed E-state index contributed by atoms with van der Waals surface area (Å²) in [6.45, 7) is 0.883. The number of Topliss-reactive ketones (excluding diaryl/α,β-unsaturated/α-hetero) is 1. The molecule has 0 saturated carbocycles. The van der Waals surface area contributed by atoms with Crippen LogP contribution in [-0.4, -0.2) is 33.2 Å². The molecule has 92 valence electrons. The first kappa shape index (κ1) is 11.9. The molecule has 1 aliphatic heterocycles. The van der Waals surface area contributed by atoms with Crippen LogP contribution in [0.4, 0.5) is 0 Å². The fraction of sp³-hybridized carbons (Fsp3) is 0.231. The summed E-state index contributed by atoms with van der Waals surface area (Å²) in [7, 11) is 0. The van der Waals surface area contributed by atoms with Gasteiger partial charge in [-0.2, -0.15) is 0 Å². The number of nitrogens with zero attached hydrogens (tertiary/aromatic N) is 1. The molecule has 2 aromatic rings. The lowest BCUT2D eigenvalue weighted by atomic mass is 10.1. The number of nitrogens with one attached hydrogen (secondary N) is 1. The Balaban J connectivity index is 1.75. The van der Waals surface area contributed by atoms with Crippen molar-refractivity contribution in [2.45, 2.75) is 0 Å². The predicted molar refractivity (Wildman–Crippen MR) is 79.8 cm³/mol. The molecule has 0 bridgehead atoms. The second-order valence-corrected chi connectivity index (χ2v) is 6.26. The summed E-state index contributed by atoms with van der Waals surface area (Å²) in [5.41, 5.74) is 1.79. The average Bonchev–Trinajstić information content (AvgIpc) is 3.05. The second-order valence-electron chi connectivity index (χ2n) is 3.96. The molecule has 0 aliphatic carbocycles. The fourth-order valence-corrected chi connectivity index (χ4v) is 3.80. The molecule has 18 heavy (non-hydrogen) atoms. The number of thioether (sulfide) groups is 2. The summed E-state index contributed by atoms with van der Waals surface area (Å²) in [5, 5.41) is 1.00. The van der Waals surface area contributed by atoms with E-state index < -0.39 is 0 Å². The molecule has 3 nitrogen and oxygen atoms in total. The van der Waals surface area contributed by atoms with Crippen LogP contribution in [0, 0.1) is 0 Å². The number of carbonyl (C=O) groups excluding carboxylic acids is 1. The molecule has 0 amide bonds. The Bertz CT molecular complexity index is 618. The number of hydrogen-bond donors (Lipinski definition) is 1. The Morgan fingerprint density at radius 1 is 1.44 bits per heavy atom. The minimum atomic E-state index is 0.160. The molecule has 2 heterocycles. The van der Waals surface area contributed by atoms with Gasteiger partial charge in [0.2, 0.25) is 0 Å². The average molecular weight is 276 g/mol. The van der Waals surface area contributed by atoms with E-state index in [0.29, 0.717) is 5.75 Å². The lowest BCUT2D eigenvalue weighted by Gasteiger charge is -1.99. The molecule has 1 aliphatic rings. The van der Waals surface area contributed by atoms with E-state index in [0.717, 1.165) is 33.1 Å². The molecule has 0 atom stereocenters. The zero-order valence-electron chi connectivity index (χ0n) is 9.68. The van der Waals surface area contributed by atoms with Crippen LogP contribution in [0.25, 0.3) is 10.9 Å². The van der Waals surface area contributed by atoms with Crippen molar-refractivity contribution >= 4 is 44.6 Å². The van der Waals surface area contributed by atoms with E-state index >= 15 is 0 Å². The molecule has 0 fully saturated rings. The zero-order chi connectivity index (χ0) is 12.4. The highest BCUT2D eigenvalue weighted by atomic mass is 32.2. The normalized spacial score (nSPS) is 15.0. The van der Waals surface area contributed by atoms with E-state index in [1.807, 2.05) is 24.3 Å². The number of aromatic amines is 1. The SMILES string of the molecule is O=C(CSC1=NCCS1)c1c[nH]c2ccccc12. The number of H-pyrrole nitrogens is 1. The highest BCUT2D eigenvalue weighted by Crippen LogP contribution is 2.24. The molecule has 1 aromatic heterocycles. The first-order chi connectivity index (χ1) is 8.84. The Kier molecular flexibility index (Phi) is 3.43. The lowest BCUT2D eigenvalue weighted by molar-refractivity contribution is 0.102. The summed E-state index contributed by atoms with van der Waals surface area (Å²) >= 11 is 3.29. The molecule has 0 spiro atoms. The third-order valence-electron chi connectivity index (χ3n) is 2.77. The van der Waals surface area contributed by atoms with Crippen LogP contribution >= 0.6 is 23.5 Å². The second kappa shape index (κ2) is 5.20. The smallest absolute Gasteiger partial charge is 0.175 e. The van der Waals surface area contributed by atoms with Crippen LogP contribution < -0.4 is 0 Å². The Morgan fingerprint density at radius 3 is 3.17 bits per heavy atom. The topological polar surface area (TPSA) is 45.2 Å². The summed E-state index contributed by atoms with van der Waals surface area (Å²) in [5.74, 6) is 1.67. The molecule has 0 radical (unpaired) electrons. The van der Waals surface area contributed by atoms with E-state index in [2.05, 4.69) is 9.98 Å². The largest absolute Gasteiger partial charge is 0.360 e. The zero-order valence-corrected chi connectivity index (χ0v) is 11.3. The Morgan fingerprint density at radius 2 is 2.33 bits per heavy atom. The summed E-state index contributed by atoms with van der Waals surface area (Å²) < 4.78 is 1.04. The Hall–Kier alpha value is -1.20. The van der Waals surface area contributed by atoms with E-state index in [1.54, 1.807) is 29.7 Å². The monoisotopic (exact) mass is 276 g/mol. The van der Waals surface area contributed by atoms with Gasteiger partial charge in [-0.15, -0.1) is 0 Å². The maximum Gasteiger partial charge on any atom is 0.175 e. The minimum Gasteiger partial charge on any atom is -0.360 e. The van der Waals surface area contributed by atoms with Crippen molar-refractivity contribution < 1.29 is 4.79 Å². The van der Waals surface area contributed by atoms with Gasteiger partial charge in [-0.25, -0.2) is 0 Å². The van der Waals surface area contributed by atoms with Crippen LogP contribution in [0.3, 0.4) is 0 Å². The van der Waals surface area contributed by atoms with E-state index in [1.165, 1.54) is 0 Å². The third kappa shape index (κ3) is 2.33. The molecular formula is C13H12N2OS2. The number of hydrogen-bond acceptors (Lipinski definition) is 4. The number of para-hydroxylation sites is 1.